The van der Waals surface area contributed by atoms with Gasteiger partial charge in [-0.1, -0.05) is 0 Å². The lowest BCUT2D eigenvalue weighted by atomic mass is 9.93. The van der Waals surface area contributed by atoms with E-state index in [4.69, 9.17) is 9.47 Å². The van der Waals surface area contributed by atoms with Gasteiger partial charge in [-0.25, -0.2) is 0 Å². The number of aromatic nitrogens is 1. The van der Waals surface area contributed by atoms with Gasteiger partial charge in [0.15, 0.2) is 11.5 Å². The highest BCUT2D eigenvalue weighted by Gasteiger charge is 2.58. The summed E-state index contributed by atoms with van der Waals surface area (Å²) < 4.78 is 11.5. The van der Waals surface area contributed by atoms with Crippen molar-refractivity contribution in [2.75, 3.05) is 19.6 Å². The summed E-state index contributed by atoms with van der Waals surface area (Å²) in [5, 5.41) is 0. The molecule has 6 rings (SSSR count). The summed E-state index contributed by atoms with van der Waals surface area (Å²) >= 11 is 0. The van der Waals surface area contributed by atoms with Gasteiger partial charge in [0, 0.05) is 37.5 Å². The van der Waals surface area contributed by atoms with Crippen LogP contribution >= 0.6 is 0 Å². The van der Waals surface area contributed by atoms with E-state index in [2.05, 4.69) is 33.0 Å². The van der Waals surface area contributed by atoms with E-state index in [0.717, 1.165) is 62.3 Å². The standard InChI is InChI=1S/C24H29N3O3/c1-16-29-21-13-19-20(14-22(21)30-16)24(7-8-24)27(23(19)28)12-6-17-4-10-26(11-5-17)15-18-3-2-9-25-18/h2-3,9,13-14,16-17,25H,4-8,10-12,15H2,1H3. The number of nitrogens with one attached hydrogen (secondary N) is 1. The van der Waals surface area contributed by atoms with Crippen molar-refractivity contribution >= 4 is 5.91 Å². The number of carbonyl (C=O) groups excluding carboxylic acids is 1. The van der Waals surface area contributed by atoms with Crippen LogP contribution in [-0.4, -0.2) is 46.6 Å². The Kier molecular flexibility index (Phi) is 4.13. The average molecular weight is 408 g/mol. The minimum absolute atomic E-state index is 0.0784. The number of ether oxygens (including phenoxy) is 2. The van der Waals surface area contributed by atoms with Crippen molar-refractivity contribution in [2.45, 2.75) is 57.4 Å². The van der Waals surface area contributed by atoms with Crippen LogP contribution in [0.15, 0.2) is 30.5 Å². The maximum atomic E-state index is 13.3. The summed E-state index contributed by atoms with van der Waals surface area (Å²) in [7, 11) is 0. The number of likely N-dealkylation sites (tertiary alicyclic amines) is 1. The number of amides is 1. The van der Waals surface area contributed by atoms with Crippen molar-refractivity contribution in [3.8, 4) is 11.5 Å². The van der Waals surface area contributed by atoms with Crippen molar-refractivity contribution < 1.29 is 14.3 Å². The molecule has 1 aromatic heterocycles. The van der Waals surface area contributed by atoms with Gasteiger partial charge in [-0.3, -0.25) is 9.69 Å². The maximum Gasteiger partial charge on any atom is 0.255 e. The third-order valence-corrected chi connectivity index (χ3v) is 7.41. The van der Waals surface area contributed by atoms with E-state index in [9.17, 15) is 4.79 Å². The van der Waals surface area contributed by atoms with Gasteiger partial charge in [-0.05, 0) is 80.9 Å². The summed E-state index contributed by atoms with van der Waals surface area (Å²) in [6.07, 6.45) is 7.39. The first-order valence-corrected chi connectivity index (χ1v) is 11.3. The molecule has 2 fully saturated rings. The van der Waals surface area contributed by atoms with E-state index in [-0.39, 0.29) is 17.7 Å². The number of carbonyl (C=O) groups is 1. The highest BCUT2D eigenvalue weighted by molar-refractivity contribution is 6.01. The largest absolute Gasteiger partial charge is 0.451 e. The Morgan fingerprint density at radius 3 is 2.63 bits per heavy atom. The fourth-order valence-corrected chi connectivity index (χ4v) is 5.60. The fourth-order valence-electron chi connectivity index (χ4n) is 5.60. The molecular formula is C24H29N3O3. The first-order valence-electron chi connectivity index (χ1n) is 11.3. The summed E-state index contributed by atoms with van der Waals surface area (Å²) in [4.78, 5) is 21.2. The molecule has 6 nitrogen and oxygen atoms in total. The number of hydrogen-bond acceptors (Lipinski definition) is 4. The van der Waals surface area contributed by atoms with Crippen LogP contribution in [0.25, 0.3) is 0 Å². The Balaban J connectivity index is 1.09. The van der Waals surface area contributed by atoms with Gasteiger partial charge in [0.1, 0.15) is 0 Å². The molecule has 3 aliphatic heterocycles. The van der Waals surface area contributed by atoms with E-state index in [1.807, 2.05) is 19.2 Å². The Morgan fingerprint density at radius 1 is 1.17 bits per heavy atom. The zero-order valence-electron chi connectivity index (χ0n) is 17.5. The summed E-state index contributed by atoms with van der Waals surface area (Å²) in [5.41, 5.74) is 3.19. The van der Waals surface area contributed by atoms with Crippen LogP contribution < -0.4 is 9.47 Å². The molecule has 2 aromatic rings. The Bertz CT molecular complexity index is 958. The second-order valence-electron chi connectivity index (χ2n) is 9.34. The van der Waals surface area contributed by atoms with Gasteiger partial charge >= 0.3 is 0 Å². The van der Waals surface area contributed by atoms with Crippen molar-refractivity contribution in [1.29, 1.82) is 0 Å². The molecule has 1 saturated carbocycles. The Labute approximate surface area is 177 Å². The molecule has 0 radical (unpaired) electrons. The van der Waals surface area contributed by atoms with Gasteiger partial charge in [0.25, 0.3) is 5.91 Å². The molecule has 1 N–H and O–H groups in total. The van der Waals surface area contributed by atoms with Gasteiger partial charge in [0.2, 0.25) is 6.29 Å². The van der Waals surface area contributed by atoms with Crippen LogP contribution in [0.2, 0.25) is 0 Å². The number of fused-ring (bicyclic) bond motifs is 3. The molecule has 1 unspecified atom stereocenters. The molecule has 1 spiro atoms. The molecule has 6 heteroatoms. The quantitative estimate of drug-likeness (QED) is 0.817. The second-order valence-corrected chi connectivity index (χ2v) is 9.34. The third kappa shape index (κ3) is 2.92. The Hall–Kier alpha value is -2.47. The van der Waals surface area contributed by atoms with Gasteiger partial charge < -0.3 is 19.4 Å². The zero-order valence-corrected chi connectivity index (χ0v) is 17.5. The molecule has 1 aliphatic carbocycles. The SMILES string of the molecule is CC1Oc2cc3c(cc2O1)C1(CC1)N(CCC1CCN(Cc2ccc[nH]2)CC1)C3=O. The van der Waals surface area contributed by atoms with E-state index < -0.39 is 0 Å². The highest BCUT2D eigenvalue weighted by atomic mass is 16.7. The van der Waals surface area contributed by atoms with Crippen LogP contribution in [0, 0.1) is 5.92 Å². The zero-order chi connectivity index (χ0) is 20.3. The van der Waals surface area contributed by atoms with Crippen LogP contribution in [0.3, 0.4) is 0 Å². The molecule has 1 aromatic carbocycles. The van der Waals surface area contributed by atoms with Crippen molar-refractivity contribution in [3.63, 3.8) is 0 Å². The van der Waals surface area contributed by atoms with E-state index in [1.165, 1.54) is 18.5 Å². The highest BCUT2D eigenvalue weighted by Crippen LogP contribution is 2.58. The van der Waals surface area contributed by atoms with Crippen molar-refractivity contribution in [1.82, 2.24) is 14.8 Å². The number of hydrogen-bond donors (Lipinski definition) is 1. The first-order chi connectivity index (χ1) is 14.6. The number of H-pyrrole nitrogens is 1. The predicted octanol–water partition coefficient (Wildman–Crippen LogP) is 3.88. The third-order valence-electron chi connectivity index (χ3n) is 7.41. The number of benzene rings is 1. The molecule has 1 saturated heterocycles. The van der Waals surface area contributed by atoms with Crippen LogP contribution in [0.1, 0.15) is 60.6 Å². The van der Waals surface area contributed by atoms with Crippen molar-refractivity contribution in [3.05, 3.63) is 47.3 Å². The number of piperidine rings is 1. The predicted molar refractivity (Wildman–Crippen MR) is 113 cm³/mol. The molecule has 0 bridgehead atoms. The van der Waals surface area contributed by atoms with E-state index in [1.54, 1.807) is 0 Å². The monoisotopic (exact) mass is 407 g/mol. The molecule has 1 amide bonds. The summed E-state index contributed by atoms with van der Waals surface area (Å²) in [6.45, 7) is 6.04. The molecule has 158 valence electrons. The fraction of sp³-hybridized carbons (Fsp3) is 0.542. The van der Waals surface area contributed by atoms with Gasteiger partial charge in [0.05, 0.1) is 5.54 Å². The molecule has 4 aliphatic rings. The maximum absolute atomic E-state index is 13.3. The lowest BCUT2D eigenvalue weighted by Gasteiger charge is -2.33. The summed E-state index contributed by atoms with van der Waals surface area (Å²) in [5.74, 6) is 2.38. The number of aromatic amines is 1. The lowest BCUT2D eigenvalue weighted by Crippen LogP contribution is -2.37. The van der Waals surface area contributed by atoms with Crippen LogP contribution in [0.4, 0.5) is 0 Å². The van der Waals surface area contributed by atoms with E-state index in [0.29, 0.717) is 11.7 Å². The minimum atomic E-state index is -0.272. The first kappa shape index (κ1) is 18.3. The molecule has 1 atom stereocenters. The Morgan fingerprint density at radius 2 is 1.93 bits per heavy atom. The van der Waals surface area contributed by atoms with Crippen LogP contribution in [0.5, 0.6) is 11.5 Å². The number of nitrogens with zero attached hydrogens (tertiary/aromatic N) is 2. The molecule has 4 heterocycles. The van der Waals surface area contributed by atoms with E-state index >= 15 is 0 Å². The average Bonchev–Trinajstić information content (AvgIpc) is 3.10. The molecular weight excluding hydrogens is 378 g/mol. The topological polar surface area (TPSA) is 57.8 Å². The minimum Gasteiger partial charge on any atom is -0.451 e. The lowest BCUT2D eigenvalue weighted by molar-refractivity contribution is 0.0646. The molecule has 30 heavy (non-hydrogen) atoms. The number of rotatable bonds is 5. The normalized spacial score (nSPS) is 24.6. The van der Waals surface area contributed by atoms with Crippen LogP contribution in [-0.2, 0) is 12.1 Å². The van der Waals surface area contributed by atoms with Gasteiger partial charge in [-0.15, -0.1) is 0 Å². The summed E-state index contributed by atoms with van der Waals surface area (Å²) in [6, 6.07) is 8.20. The van der Waals surface area contributed by atoms with Crippen molar-refractivity contribution in [2.24, 2.45) is 5.92 Å². The van der Waals surface area contributed by atoms with Gasteiger partial charge in [-0.2, -0.15) is 0 Å². The smallest absolute Gasteiger partial charge is 0.255 e. The second kappa shape index (κ2) is 6.77.